The number of nitrogens with one attached hydrogen (secondary N) is 1. The second-order valence-electron chi connectivity index (χ2n) is 8.74. The molecule has 4 rings (SSSR count). The molecule has 1 atom stereocenters. The van der Waals surface area contributed by atoms with Crippen molar-refractivity contribution in [2.24, 2.45) is 11.7 Å². The highest BCUT2D eigenvalue weighted by Crippen LogP contribution is 2.38. The molecule has 7 nitrogen and oxygen atoms in total. The number of esters is 1. The quantitative estimate of drug-likeness (QED) is 0.314. The number of anilines is 1. The molecule has 0 bridgehead atoms. The number of nitrogens with two attached hydrogens (primary N) is 1. The van der Waals surface area contributed by atoms with E-state index in [4.69, 9.17) is 10.5 Å². The zero-order valence-electron chi connectivity index (χ0n) is 19.8. The summed E-state index contributed by atoms with van der Waals surface area (Å²) in [6, 6.07) is 18.1. The number of nitriles is 1. The Kier molecular flexibility index (Phi) is 8.13. The van der Waals surface area contributed by atoms with Gasteiger partial charge in [0.1, 0.15) is 16.7 Å². The van der Waals surface area contributed by atoms with E-state index in [1.165, 1.54) is 11.3 Å². The summed E-state index contributed by atoms with van der Waals surface area (Å²) < 4.78 is 5.39. The zero-order chi connectivity index (χ0) is 25.5. The van der Waals surface area contributed by atoms with Crippen molar-refractivity contribution in [2.45, 2.75) is 44.9 Å². The topological polar surface area (TPSA) is 122 Å². The molecule has 1 aliphatic carbocycles. The molecule has 0 saturated heterocycles. The van der Waals surface area contributed by atoms with Crippen LogP contribution in [0.2, 0.25) is 0 Å². The monoisotopic (exact) mass is 501 g/mol. The van der Waals surface area contributed by atoms with E-state index >= 15 is 0 Å². The lowest BCUT2D eigenvalue weighted by Crippen LogP contribution is -2.23. The SMILES string of the molecule is N#CC(CCCc1ccc(OC(=O)c2ccccc2)cc1)C(=O)Nc1sc2c(c1C(N)=O)CCCC2. The van der Waals surface area contributed by atoms with Crippen LogP contribution in [-0.2, 0) is 24.1 Å². The van der Waals surface area contributed by atoms with Gasteiger partial charge < -0.3 is 15.8 Å². The van der Waals surface area contributed by atoms with Crippen LogP contribution in [0.5, 0.6) is 5.75 Å². The lowest BCUT2D eigenvalue weighted by atomic mass is 9.95. The van der Waals surface area contributed by atoms with Crippen LogP contribution in [0.1, 0.15) is 62.4 Å². The van der Waals surface area contributed by atoms with E-state index < -0.39 is 23.7 Å². The standard InChI is InChI=1S/C28H27N3O4S/c29-17-20(26(33)31-27-24(25(30)32)22-11-4-5-12-23(22)36-27)10-6-7-18-13-15-21(16-14-18)35-28(34)19-8-2-1-3-9-19/h1-3,8-9,13-16,20H,4-7,10-12H2,(H2,30,32)(H,31,33). The van der Waals surface area contributed by atoms with Gasteiger partial charge >= 0.3 is 5.97 Å². The second-order valence-corrected chi connectivity index (χ2v) is 9.85. The summed E-state index contributed by atoms with van der Waals surface area (Å²) in [5, 5.41) is 12.8. The molecule has 1 aliphatic rings. The van der Waals surface area contributed by atoms with Gasteiger partial charge in [0, 0.05) is 4.88 Å². The fourth-order valence-corrected chi connectivity index (χ4v) is 5.64. The molecule has 36 heavy (non-hydrogen) atoms. The molecule has 1 heterocycles. The zero-order valence-corrected chi connectivity index (χ0v) is 20.6. The van der Waals surface area contributed by atoms with Crippen LogP contribution < -0.4 is 15.8 Å². The number of nitrogens with zero attached hydrogens (tertiary/aromatic N) is 1. The number of hydrogen-bond donors (Lipinski definition) is 2. The van der Waals surface area contributed by atoms with Crippen molar-refractivity contribution >= 4 is 34.1 Å². The van der Waals surface area contributed by atoms with E-state index in [1.54, 1.807) is 36.4 Å². The van der Waals surface area contributed by atoms with Crippen molar-refractivity contribution in [1.82, 2.24) is 0 Å². The van der Waals surface area contributed by atoms with Gasteiger partial charge in [-0.15, -0.1) is 11.3 Å². The Morgan fingerprint density at radius 1 is 1.06 bits per heavy atom. The molecule has 184 valence electrons. The Hall–Kier alpha value is -3.96. The van der Waals surface area contributed by atoms with E-state index in [-0.39, 0.29) is 0 Å². The van der Waals surface area contributed by atoms with E-state index in [0.717, 1.165) is 41.7 Å². The van der Waals surface area contributed by atoms with Crippen molar-refractivity contribution in [2.75, 3.05) is 5.32 Å². The molecule has 0 saturated carbocycles. The summed E-state index contributed by atoms with van der Waals surface area (Å²) in [6.45, 7) is 0. The molecule has 2 aromatic carbocycles. The predicted molar refractivity (Wildman–Crippen MR) is 138 cm³/mol. The van der Waals surface area contributed by atoms with E-state index in [0.29, 0.717) is 41.1 Å². The van der Waals surface area contributed by atoms with Gasteiger partial charge in [-0.3, -0.25) is 9.59 Å². The van der Waals surface area contributed by atoms with Gasteiger partial charge in [0.2, 0.25) is 5.91 Å². The molecular weight excluding hydrogens is 474 g/mol. The van der Waals surface area contributed by atoms with Gasteiger partial charge in [-0.1, -0.05) is 30.3 Å². The Morgan fingerprint density at radius 3 is 2.47 bits per heavy atom. The third kappa shape index (κ3) is 5.99. The van der Waals surface area contributed by atoms with Crippen LogP contribution in [0.25, 0.3) is 0 Å². The molecule has 1 unspecified atom stereocenters. The molecule has 0 spiro atoms. The predicted octanol–water partition coefficient (Wildman–Crippen LogP) is 5.05. The van der Waals surface area contributed by atoms with Crippen molar-refractivity contribution in [1.29, 1.82) is 5.26 Å². The van der Waals surface area contributed by atoms with Crippen LogP contribution in [0.3, 0.4) is 0 Å². The van der Waals surface area contributed by atoms with Crippen molar-refractivity contribution in [3.63, 3.8) is 0 Å². The Balaban J connectivity index is 1.30. The van der Waals surface area contributed by atoms with Gasteiger partial charge in [0.15, 0.2) is 0 Å². The highest BCUT2D eigenvalue weighted by atomic mass is 32.1. The molecular formula is C28H27N3O4S. The number of aryl methyl sites for hydroxylation is 2. The lowest BCUT2D eigenvalue weighted by molar-refractivity contribution is -0.118. The first kappa shape index (κ1) is 25.1. The van der Waals surface area contributed by atoms with Crippen LogP contribution in [0.15, 0.2) is 54.6 Å². The Bertz CT molecular complexity index is 1290. The lowest BCUT2D eigenvalue weighted by Gasteiger charge is -2.12. The first-order valence-corrected chi connectivity index (χ1v) is 12.8. The molecule has 8 heteroatoms. The molecule has 2 amide bonds. The van der Waals surface area contributed by atoms with Gasteiger partial charge in [-0.25, -0.2) is 4.79 Å². The molecule has 3 aromatic rings. The van der Waals surface area contributed by atoms with Crippen LogP contribution in [0, 0.1) is 17.2 Å². The normalized spacial score (nSPS) is 13.2. The molecule has 0 fully saturated rings. The molecule has 0 aliphatic heterocycles. The number of primary amides is 1. The minimum atomic E-state index is -0.837. The smallest absolute Gasteiger partial charge is 0.343 e. The number of amides is 2. The maximum atomic E-state index is 12.8. The summed E-state index contributed by atoms with van der Waals surface area (Å²) in [6.07, 6.45) is 5.37. The third-order valence-corrected chi connectivity index (χ3v) is 7.44. The summed E-state index contributed by atoms with van der Waals surface area (Å²) in [5.41, 5.74) is 8.43. The van der Waals surface area contributed by atoms with Gasteiger partial charge in [-0.2, -0.15) is 5.26 Å². The average molecular weight is 502 g/mol. The number of rotatable bonds is 9. The minimum absolute atomic E-state index is 0.379. The fraction of sp³-hybridized carbons (Fsp3) is 0.286. The van der Waals surface area contributed by atoms with Crippen LogP contribution >= 0.6 is 11.3 Å². The highest BCUT2D eigenvalue weighted by Gasteiger charge is 2.27. The summed E-state index contributed by atoms with van der Waals surface area (Å²) >= 11 is 1.39. The number of thiophene rings is 1. The van der Waals surface area contributed by atoms with Crippen molar-refractivity contribution < 1.29 is 19.1 Å². The first-order valence-electron chi connectivity index (χ1n) is 12.0. The van der Waals surface area contributed by atoms with E-state index in [2.05, 4.69) is 11.4 Å². The van der Waals surface area contributed by atoms with E-state index in [1.807, 2.05) is 18.2 Å². The largest absolute Gasteiger partial charge is 0.423 e. The number of hydrogen-bond acceptors (Lipinski definition) is 6. The van der Waals surface area contributed by atoms with Crippen LogP contribution in [0.4, 0.5) is 5.00 Å². The maximum absolute atomic E-state index is 12.8. The number of fused-ring (bicyclic) bond motifs is 1. The Morgan fingerprint density at radius 2 is 1.78 bits per heavy atom. The maximum Gasteiger partial charge on any atom is 0.343 e. The fourth-order valence-electron chi connectivity index (χ4n) is 4.34. The summed E-state index contributed by atoms with van der Waals surface area (Å²) in [7, 11) is 0. The van der Waals surface area contributed by atoms with Crippen LogP contribution in [-0.4, -0.2) is 17.8 Å². The molecule has 0 radical (unpaired) electrons. The number of ether oxygens (including phenoxy) is 1. The number of carbonyl (C=O) groups is 3. The Labute approximate surface area is 213 Å². The second kappa shape index (κ2) is 11.6. The summed E-state index contributed by atoms with van der Waals surface area (Å²) in [5.74, 6) is -1.77. The molecule has 1 aromatic heterocycles. The van der Waals surface area contributed by atoms with Gasteiger partial charge in [0.05, 0.1) is 17.2 Å². The van der Waals surface area contributed by atoms with Gasteiger partial charge in [0.25, 0.3) is 5.91 Å². The van der Waals surface area contributed by atoms with Crippen molar-refractivity contribution in [3.8, 4) is 11.8 Å². The highest BCUT2D eigenvalue weighted by molar-refractivity contribution is 7.17. The van der Waals surface area contributed by atoms with E-state index in [9.17, 15) is 19.6 Å². The minimum Gasteiger partial charge on any atom is -0.423 e. The number of carbonyl (C=O) groups excluding carboxylic acids is 3. The number of benzene rings is 2. The average Bonchev–Trinajstić information content (AvgIpc) is 3.26. The van der Waals surface area contributed by atoms with Gasteiger partial charge in [-0.05, 0) is 80.3 Å². The third-order valence-electron chi connectivity index (χ3n) is 6.23. The molecule has 3 N–H and O–H groups in total. The van der Waals surface area contributed by atoms with Crippen molar-refractivity contribution in [3.05, 3.63) is 81.7 Å². The first-order chi connectivity index (χ1) is 17.5. The summed E-state index contributed by atoms with van der Waals surface area (Å²) in [4.78, 5) is 38.1.